The van der Waals surface area contributed by atoms with Crippen molar-refractivity contribution in [1.82, 2.24) is 4.98 Å². The molecule has 1 aromatic carbocycles. The highest BCUT2D eigenvalue weighted by molar-refractivity contribution is 7.17. The van der Waals surface area contributed by atoms with Gasteiger partial charge in [-0.3, -0.25) is 0 Å². The van der Waals surface area contributed by atoms with Gasteiger partial charge in [-0.25, -0.2) is 4.98 Å². The number of rotatable bonds is 3. The van der Waals surface area contributed by atoms with Crippen LogP contribution in [0.15, 0.2) is 41.2 Å². The van der Waals surface area contributed by atoms with Crippen LogP contribution in [0.1, 0.15) is 5.01 Å². The first-order valence-corrected chi connectivity index (χ1v) is 6.67. The standard InChI is InChI=1S/C12H9NOS2/c1-2-4-11-9(3-1)10(8-16-11)14-7-12-13-5-6-15-12/h1-6,8H,7H2. The number of thiazole rings is 1. The van der Waals surface area contributed by atoms with Crippen LogP contribution in [-0.2, 0) is 6.61 Å². The largest absolute Gasteiger partial charge is 0.485 e. The Morgan fingerprint density at radius 1 is 1.19 bits per heavy atom. The van der Waals surface area contributed by atoms with Crippen molar-refractivity contribution < 1.29 is 4.74 Å². The van der Waals surface area contributed by atoms with E-state index in [0.29, 0.717) is 6.61 Å². The first-order chi connectivity index (χ1) is 7.93. The number of thiophene rings is 1. The predicted molar refractivity (Wildman–Crippen MR) is 68.3 cm³/mol. The van der Waals surface area contributed by atoms with E-state index in [2.05, 4.69) is 22.5 Å². The lowest BCUT2D eigenvalue weighted by atomic mass is 10.2. The molecule has 0 N–H and O–H groups in total. The van der Waals surface area contributed by atoms with Gasteiger partial charge in [0.15, 0.2) is 0 Å². The first-order valence-electron chi connectivity index (χ1n) is 4.91. The molecular weight excluding hydrogens is 238 g/mol. The summed E-state index contributed by atoms with van der Waals surface area (Å²) in [6.07, 6.45) is 1.80. The Bertz CT molecular complexity index is 586. The third-order valence-corrected chi connectivity index (χ3v) is 3.98. The topological polar surface area (TPSA) is 22.1 Å². The molecule has 2 aromatic heterocycles. The number of benzene rings is 1. The fourth-order valence-electron chi connectivity index (χ4n) is 1.53. The molecule has 3 aromatic rings. The molecule has 0 amide bonds. The van der Waals surface area contributed by atoms with Crippen molar-refractivity contribution in [1.29, 1.82) is 0 Å². The van der Waals surface area contributed by atoms with Crippen LogP contribution in [0, 0.1) is 0 Å². The SMILES string of the molecule is c1ccc2c(OCc3nccs3)csc2c1. The van der Waals surface area contributed by atoms with Crippen LogP contribution < -0.4 is 4.74 Å². The molecule has 0 aliphatic carbocycles. The molecule has 2 nitrogen and oxygen atoms in total. The Morgan fingerprint density at radius 2 is 2.12 bits per heavy atom. The van der Waals surface area contributed by atoms with Crippen LogP contribution in [0.5, 0.6) is 5.75 Å². The van der Waals surface area contributed by atoms with Crippen molar-refractivity contribution in [3.8, 4) is 5.75 Å². The van der Waals surface area contributed by atoms with Crippen molar-refractivity contribution in [2.75, 3.05) is 0 Å². The monoisotopic (exact) mass is 247 g/mol. The lowest BCUT2D eigenvalue weighted by Crippen LogP contribution is -1.93. The Hall–Kier alpha value is -1.39. The van der Waals surface area contributed by atoms with Crippen LogP contribution >= 0.6 is 22.7 Å². The second-order valence-electron chi connectivity index (χ2n) is 3.31. The van der Waals surface area contributed by atoms with Crippen LogP contribution in [0.3, 0.4) is 0 Å². The Balaban J connectivity index is 1.84. The van der Waals surface area contributed by atoms with Gasteiger partial charge in [0, 0.05) is 27.0 Å². The average molecular weight is 247 g/mol. The maximum absolute atomic E-state index is 5.76. The predicted octanol–water partition coefficient (Wildman–Crippen LogP) is 3.94. The molecule has 0 saturated heterocycles. The number of hydrogen-bond acceptors (Lipinski definition) is 4. The molecule has 0 spiro atoms. The zero-order valence-corrected chi connectivity index (χ0v) is 10.1. The molecule has 0 bridgehead atoms. The molecule has 2 heterocycles. The highest BCUT2D eigenvalue weighted by Gasteiger charge is 2.04. The van der Waals surface area contributed by atoms with Gasteiger partial charge in [-0.15, -0.1) is 22.7 Å². The highest BCUT2D eigenvalue weighted by Crippen LogP contribution is 2.32. The minimum absolute atomic E-state index is 0.554. The molecule has 80 valence electrons. The molecule has 3 rings (SSSR count). The van der Waals surface area contributed by atoms with Gasteiger partial charge in [-0.05, 0) is 12.1 Å². The molecule has 0 unspecified atom stereocenters. The summed E-state index contributed by atoms with van der Waals surface area (Å²) in [5.74, 6) is 0.954. The summed E-state index contributed by atoms with van der Waals surface area (Å²) in [4.78, 5) is 4.19. The zero-order valence-electron chi connectivity index (χ0n) is 8.42. The maximum atomic E-state index is 5.76. The number of hydrogen-bond donors (Lipinski definition) is 0. The van der Waals surface area contributed by atoms with Crippen LogP contribution in [0.2, 0.25) is 0 Å². The summed E-state index contributed by atoms with van der Waals surface area (Å²) in [5.41, 5.74) is 0. The molecular formula is C12H9NOS2. The van der Waals surface area contributed by atoms with Crippen molar-refractivity contribution in [3.05, 3.63) is 46.2 Å². The smallest absolute Gasteiger partial charge is 0.140 e. The number of aromatic nitrogens is 1. The first kappa shape index (κ1) is 9.81. The third kappa shape index (κ3) is 1.81. The quantitative estimate of drug-likeness (QED) is 0.699. The van der Waals surface area contributed by atoms with E-state index in [9.17, 15) is 0 Å². The normalized spacial score (nSPS) is 10.8. The van der Waals surface area contributed by atoms with Gasteiger partial charge in [0.2, 0.25) is 0 Å². The van der Waals surface area contributed by atoms with Crippen LogP contribution in [-0.4, -0.2) is 4.98 Å². The molecule has 0 fully saturated rings. The highest BCUT2D eigenvalue weighted by atomic mass is 32.1. The van der Waals surface area contributed by atoms with E-state index in [4.69, 9.17) is 4.74 Å². The van der Waals surface area contributed by atoms with E-state index < -0.39 is 0 Å². The number of nitrogens with zero attached hydrogens (tertiary/aromatic N) is 1. The van der Waals surface area contributed by atoms with E-state index in [0.717, 1.165) is 10.8 Å². The van der Waals surface area contributed by atoms with Crippen LogP contribution in [0.25, 0.3) is 10.1 Å². The third-order valence-electron chi connectivity index (χ3n) is 2.28. The van der Waals surface area contributed by atoms with Gasteiger partial charge in [0.25, 0.3) is 0 Å². The summed E-state index contributed by atoms with van der Waals surface area (Å²) in [7, 11) is 0. The lowest BCUT2D eigenvalue weighted by Gasteiger charge is -2.01. The average Bonchev–Trinajstić information content (AvgIpc) is 2.96. The fourth-order valence-corrected chi connectivity index (χ4v) is 2.94. The number of fused-ring (bicyclic) bond motifs is 1. The Morgan fingerprint density at radius 3 is 3.00 bits per heavy atom. The van der Waals surface area contributed by atoms with Gasteiger partial charge in [0.05, 0.1) is 0 Å². The molecule has 16 heavy (non-hydrogen) atoms. The zero-order chi connectivity index (χ0) is 10.8. The van der Waals surface area contributed by atoms with E-state index in [1.165, 1.54) is 10.1 Å². The van der Waals surface area contributed by atoms with Gasteiger partial charge in [-0.2, -0.15) is 0 Å². The summed E-state index contributed by atoms with van der Waals surface area (Å²) in [6.45, 7) is 0.554. The Labute approximate surface area is 101 Å². The van der Waals surface area contributed by atoms with Crippen LogP contribution in [0.4, 0.5) is 0 Å². The minimum atomic E-state index is 0.554. The molecule has 0 saturated carbocycles. The molecule has 0 aliphatic rings. The van der Waals surface area contributed by atoms with Crippen molar-refractivity contribution >= 4 is 32.8 Å². The van der Waals surface area contributed by atoms with Gasteiger partial charge in [-0.1, -0.05) is 12.1 Å². The van der Waals surface area contributed by atoms with E-state index in [1.54, 1.807) is 28.9 Å². The van der Waals surface area contributed by atoms with E-state index >= 15 is 0 Å². The van der Waals surface area contributed by atoms with Crippen molar-refractivity contribution in [2.45, 2.75) is 6.61 Å². The summed E-state index contributed by atoms with van der Waals surface area (Å²) < 4.78 is 7.02. The van der Waals surface area contributed by atoms with Gasteiger partial charge < -0.3 is 4.74 Å². The second kappa shape index (κ2) is 4.23. The molecule has 0 radical (unpaired) electrons. The summed E-state index contributed by atoms with van der Waals surface area (Å²) in [6, 6.07) is 8.27. The molecule has 4 heteroatoms. The van der Waals surface area contributed by atoms with Gasteiger partial charge >= 0.3 is 0 Å². The second-order valence-corrected chi connectivity index (χ2v) is 5.20. The van der Waals surface area contributed by atoms with E-state index in [1.807, 2.05) is 17.5 Å². The van der Waals surface area contributed by atoms with Gasteiger partial charge in [0.1, 0.15) is 17.4 Å². The van der Waals surface area contributed by atoms with E-state index in [-0.39, 0.29) is 0 Å². The Kier molecular flexibility index (Phi) is 2.60. The fraction of sp³-hybridized carbons (Fsp3) is 0.0833. The van der Waals surface area contributed by atoms with Crippen molar-refractivity contribution in [3.63, 3.8) is 0 Å². The summed E-state index contributed by atoms with van der Waals surface area (Å²) in [5, 5.41) is 6.21. The number of ether oxygens (including phenoxy) is 1. The minimum Gasteiger partial charge on any atom is -0.485 e. The summed E-state index contributed by atoms with van der Waals surface area (Å²) >= 11 is 3.33. The molecule has 0 atom stereocenters. The maximum Gasteiger partial charge on any atom is 0.140 e. The molecule has 0 aliphatic heterocycles. The van der Waals surface area contributed by atoms with Crippen molar-refractivity contribution in [2.24, 2.45) is 0 Å². The lowest BCUT2D eigenvalue weighted by molar-refractivity contribution is 0.310.